The van der Waals surface area contributed by atoms with E-state index in [1.807, 2.05) is 0 Å². The van der Waals surface area contributed by atoms with Crippen LogP contribution in [0, 0.1) is 0 Å². The lowest BCUT2D eigenvalue weighted by molar-refractivity contribution is 0.0921. The number of benzene rings is 1. The molecule has 0 aliphatic rings. The third-order valence-electron chi connectivity index (χ3n) is 2.20. The molecule has 0 bridgehead atoms. The van der Waals surface area contributed by atoms with Crippen LogP contribution in [0.2, 0.25) is 5.02 Å². The molecule has 0 spiro atoms. The zero-order valence-electron chi connectivity index (χ0n) is 9.07. The number of hydrogen-bond acceptors (Lipinski definition) is 1. The largest absolute Gasteiger partial charge is 0.344 e. The number of nitrogens with one attached hydrogen (secondary N) is 1. The molecule has 0 aliphatic heterocycles. The van der Waals surface area contributed by atoms with Crippen molar-refractivity contribution in [3.05, 3.63) is 33.3 Å². The molecule has 0 heterocycles. The summed E-state index contributed by atoms with van der Waals surface area (Å²) in [6, 6.07) is 5.15. The molecular formula is C11H11BrCl3NO. The summed E-state index contributed by atoms with van der Waals surface area (Å²) in [6.45, 7) is 1.77. The fourth-order valence-electron chi connectivity index (χ4n) is 1.12. The SMILES string of the molecule is CC(CCl)(CCl)NC(=O)c1cccc(Br)c1Cl. The summed E-state index contributed by atoms with van der Waals surface area (Å²) in [7, 11) is 0. The Morgan fingerprint density at radius 2 is 2.00 bits per heavy atom. The van der Waals surface area contributed by atoms with Crippen molar-refractivity contribution in [1.82, 2.24) is 5.32 Å². The fraction of sp³-hybridized carbons (Fsp3) is 0.364. The quantitative estimate of drug-likeness (QED) is 0.807. The van der Waals surface area contributed by atoms with Gasteiger partial charge in [0.1, 0.15) is 0 Å². The summed E-state index contributed by atoms with van der Waals surface area (Å²) in [5, 5.41) is 3.14. The van der Waals surface area contributed by atoms with Crippen LogP contribution in [0.15, 0.2) is 22.7 Å². The molecule has 0 fully saturated rings. The van der Waals surface area contributed by atoms with Crippen molar-refractivity contribution in [2.75, 3.05) is 11.8 Å². The van der Waals surface area contributed by atoms with Gasteiger partial charge in [0.05, 0.1) is 16.1 Å². The topological polar surface area (TPSA) is 29.1 Å². The highest BCUT2D eigenvalue weighted by molar-refractivity contribution is 9.10. The van der Waals surface area contributed by atoms with Gasteiger partial charge in [-0.2, -0.15) is 0 Å². The van der Waals surface area contributed by atoms with Crippen molar-refractivity contribution in [1.29, 1.82) is 0 Å². The van der Waals surface area contributed by atoms with Gasteiger partial charge in [-0.05, 0) is 35.0 Å². The van der Waals surface area contributed by atoms with Crippen molar-refractivity contribution in [2.24, 2.45) is 0 Å². The predicted molar refractivity (Wildman–Crippen MR) is 76.5 cm³/mol. The Labute approximate surface area is 124 Å². The Morgan fingerprint density at radius 3 is 2.53 bits per heavy atom. The van der Waals surface area contributed by atoms with E-state index in [-0.39, 0.29) is 17.7 Å². The zero-order chi connectivity index (χ0) is 13.1. The molecule has 1 aromatic rings. The molecule has 17 heavy (non-hydrogen) atoms. The summed E-state index contributed by atoms with van der Waals surface area (Å²) in [6.07, 6.45) is 0. The van der Waals surface area contributed by atoms with Crippen LogP contribution in [0.3, 0.4) is 0 Å². The average molecular weight is 359 g/mol. The van der Waals surface area contributed by atoms with Gasteiger partial charge in [0, 0.05) is 16.2 Å². The van der Waals surface area contributed by atoms with Gasteiger partial charge in [0.2, 0.25) is 0 Å². The normalized spacial score (nSPS) is 11.4. The maximum atomic E-state index is 12.0. The van der Waals surface area contributed by atoms with Gasteiger partial charge in [-0.3, -0.25) is 4.79 Å². The highest BCUT2D eigenvalue weighted by Crippen LogP contribution is 2.26. The third-order valence-corrected chi connectivity index (χ3v) is 4.68. The van der Waals surface area contributed by atoms with Crippen LogP contribution in [-0.2, 0) is 0 Å². The Morgan fingerprint density at radius 1 is 1.41 bits per heavy atom. The first-order valence-corrected chi connectivity index (χ1v) is 7.06. The second-order valence-corrected chi connectivity index (χ2v) is 5.65. The van der Waals surface area contributed by atoms with E-state index in [9.17, 15) is 4.79 Å². The third kappa shape index (κ3) is 3.75. The molecule has 0 radical (unpaired) electrons. The number of carbonyl (C=O) groups is 1. The molecule has 0 aromatic heterocycles. The average Bonchev–Trinajstić information content (AvgIpc) is 2.32. The van der Waals surface area contributed by atoms with Gasteiger partial charge in [-0.15, -0.1) is 23.2 Å². The summed E-state index contributed by atoms with van der Waals surface area (Å²) < 4.78 is 0.672. The highest BCUT2D eigenvalue weighted by atomic mass is 79.9. The van der Waals surface area contributed by atoms with E-state index in [1.165, 1.54) is 0 Å². The van der Waals surface area contributed by atoms with E-state index in [0.29, 0.717) is 15.1 Å². The first kappa shape index (κ1) is 15.1. The predicted octanol–water partition coefficient (Wildman–Crippen LogP) is 4.07. The van der Waals surface area contributed by atoms with Crippen LogP contribution in [0.4, 0.5) is 0 Å². The summed E-state index contributed by atoms with van der Waals surface area (Å²) in [5.74, 6) is 0.168. The van der Waals surface area contributed by atoms with Gasteiger partial charge < -0.3 is 5.32 Å². The van der Waals surface area contributed by atoms with E-state index in [0.717, 1.165) is 0 Å². The van der Waals surface area contributed by atoms with Gasteiger partial charge in [-0.25, -0.2) is 0 Å². The van der Waals surface area contributed by atoms with Crippen LogP contribution in [0.25, 0.3) is 0 Å². The van der Waals surface area contributed by atoms with Crippen molar-refractivity contribution >= 4 is 56.6 Å². The minimum absolute atomic E-state index is 0.230. The van der Waals surface area contributed by atoms with Crippen molar-refractivity contribution in [3.8, 4) is 0 Å². The Hall–Kier alpha value is 0.0400. The molecule has 0 atom stereocenters. The summed E-state index contributed by atoms with van der Waals surface area (Å²) in [4.78, 5) is 12.0. The number of halogens is 4. The smallest absolute Gasteiger partial charge is 0.253 e. The molecule has 0 saturated heterocycles. The van der Waals surface area contributed by atoms with Gasteiger partial charge in [-0.1, -0.05) is 17.7 Å². The van der Waals surface area contributed by atoms with Crippen molar-refractivity contribution < 1.29 is 4.79 Å². The molecule has 94 valence electrons. The van der Waals surface area contributed by atoms with E-state index >= 15 is 0 Å². The minimum Gasteiger partial charge on any atom is -0.344 e. The van der Waals surface area contributed by atoms with Crippen molar-refractivity contribution in [2.45, 2.75) is 12.5 Å². The molecule has 1 amide bonds. The molecule has 6 heteroatoms. The zero-order valence-corrected chi connectivity index (χ0v) is 12.9. The van der Waals surface area contributed by atoms with E-state index < -0.39 is 5.54 Å². The number of rotatable bonds is 4. The van der Waals surface area contributed by atoms with Crippen LogP contribution in [-0.4, -0.2) is 23.2 Å². The summed E-state index contributed by atoms with van der Waals surface area (Å²) in [5.41, 5.74) is -0.256. The Balaban J connectivity index is 2.94. The lowest BCUT2D eigenvalue weighted by Crippen LogP contribution is -2.49. The first-order valence-electron chi connectivity index (χ1n) is 4.82. The van der Waals surface area contributed by atoms with E-state index in [4.69, 9.17) is 34.8 Å². The summed E-state index contributed by atoms with van der Waals surface area (Å²) >= 11 is 20.8. The second-order valence-electron chi connectivity index (χ2n) is 3.88. The van der Waals surface area contributed by atoms with Crippen LogP contribution < -0.4 is 5.32 Å². The Kier molecular flexibility index (Phi) is 5.58. The van der Waals surface area contributed by atoms with Crippen LogP contribution in [0.5, 0.6) is 0 Å². The number of carbonyl (C=O) groups excluding carboxylic acids is 1. The van der Waals surface area contributed by atoms with E-state index in [2.05, 4.69) is 21.2 Å². The highest BCUT2D eigenvalue weighted by Gasteiger charge is 2.26. The maximum absolute atomic E-state index is 12.0. The molecule has 2 nitrogen and oxygen atoms in total. The maximum Gasteiger partial charge on any atom is 0.253 e. The monoisotopic (exact) mass is 357 g/mol. The molecular weight excluding hydrogens is 348 g/mol. The minimum atomic E-state index is -0.647. The standard InChI is InChI=1S/C11H11BrCl3NO/c1-11(5-13,6-14)16-10(17)7-3-2-4-8(12)9(7)15/h2-4H,5-6H2,1H3,(H,16,17). The van der Waals surface area contributed by atoms with Crippen LogP contribution >= 0.6 is 50.7 Å². The molecule has 0 unspecified atom stereocenters. The first-order chi connectivity index (χ1) is 7.93. The van der Waals surface area contributed by atoms with Gasteiger partial charge in [0.25, 0.3) is 5.91 Å². The number of alkyl halides is 2. The van der Waals surface area contributed by atoms with E-state index in [1.54, 1.807) is 25.1 Å². The fourth-order valence-corrected chi connectivity index (χ4v) is 2.12. The number of hydrogen-bond donors (Lipinski definition) is 1. The Bertz CT molecular complexity index is 421. The molecule has 0 aliphatic carbocycles. The molecule has 1 N–H and O–H groups in total. The molecule has 1 aromatic carbocycles. The molecule has 0 saturated carbocycles. The van der Waals surface area contributed by atoms with Crippen molar-refractivity contribution in [3.63, 3.8) is 0 Å². The van der Waals surface area contributed by atoms with Gasteiger partial charge in [0.15, 0.2) is 0 Å². The molecule has 1 rings (SSSR count). The van der Waals surface area contributed by atoms with Crippen LogP contribution in [0.1, 0.15) is 17.3 Å². The second kappa shape index (κ2) is 6.28. The lowest BCUT2D eigenvalue weighted by atomic mass is 10.1. The van der Waals surface area contributed by atoms with Gasteiger partial charge >= 0.3 is 0 Å². The lowest BCUT2D eigenvalue weighted by Gasteiger charge is -2.26. The number of amides is 1.